The van der Waals surface area contributed by atoms with Gasteiger partial charge in [0.25, 0.3) is 0 Å². The number of rotatable bonds is 3. The standard InChI is InChI=1S/C22H21N2O.C18H15N2.Ir/c1-14-8-9-17-16-6-5-7-18(20(16)25-21(17)24-14)19-12-15(10-11-23-19)13-22(2,3)4;1-12-10-15-9-8-13(2)20-17(15)16(11-12)19-18(20)14-6-4-3-5-7-14;/h5-6,8-12H,13H2,1-4H3;3-6,8-11,13H,1-2H3;/q2*-1;/i1D3,13D2;;. The number of nitrogens with zero attached hydrogens (tertiary/aromatic N) is 4. The van der Waals surface area contributed by atoms with E-state index in [2.05, 4.69) is 70.9 Å². The Morgan fingerprint density at radius 3 is 2.65 bits per heavy atom. The number of imidazole rings is 1. The molecule has 233 valence electrons. The fourth-order valence-corrected chi connectivity index (χ4v) is 5.87. The zero-order valence-electron chi connectivity index (χ0n) is 31.3. The van der Waals surface area contributed by atoms with E-state index in [9.17, 15) is 0 Å². The average Bonchev–Trinajstić information content (AvgIpc) is 3.65. The summed E-state index contributed by atoms with van der Waals surface area (Å²) >= 11 is 0. The van der Waals surface area contributed by atoms with Gasteiger partial charge in [0.15, 0.2) is 0 Å². The minimum Gasteiger partial charge on any atom is -0.486 e. The van der Waals surface area contributed by atoms with Gasteiger partial charge in [-0.2, -0.15) is 0 Å². The monoisotopic (exact) mass is 786 g/mol. The molecule has 0 fully saturated rings. The maximum absolute atomic E-state index is 8.55. The van der Waals surface area contributed by atoms with Crippen LogP contribution in [-0.4, -0.2) is 19.5 Å². The quantitative estimate of drug-likeness (QED) is 0.168. The third kappa shape index (κ3) is 6.08. The van der Waals surface area contributed by atoms with Crippen molar-refractivity contribution in [3.63, 3.8) is 0 Å². The molecule has 5 nitrogen and oxygen atoms in total. The summed E-state index contributed by atoms with van der Waals surface area (Å²) in [6, 6.07) is 29.3. The van der Waals surface area contributed by atoms with Gasteiger partial charge in [-0.15, -0.1) is 54.1 Å². The largest absolute Gasteiger partial charge is 0.486 e. The molecule has 1 atom stereocenters. The molecular formula is C40H36IrN4O-2. The zero-order valence-corrected chi connectivity index (χ0v) is 28.7. The average molecular weight is 786 g/mol. The molecule has 0 bridgehead atoms. The van der Waals surface area contributed by atoms with Crippen molar-refractivity contribution in [2.75, 3.05) is 0 Å². The van der Waals surface area contributed by atoms with Gasteiger partial charge in [-0.05, 0) is 79.6 Å². The first-order valence-electron chi connectivity index (χ1n) is 17.5. The van der Waals surface area contributed by atoms with Gasteiger partial charge >= 0.3 is 0 Å². The normalized spacial score (nSPS) is 16.1. The zero-order chi connectivity index (χ0) is 35.6. The molecule has 7 aromatic rings. The number of pyridine rings is 2. The van der Waals surface area contributed by atoms with Gasteiger partial charge in [0.1, 0.15) is 0 Å². The second kappa shape index (κ2) is 12.4. The Morgan fingerprint density at radius 1 is 1.00 bits per heavy atom. The van der Waals surface area contributed by atoms with E-state index < -0.39 is 18.6 Å². The number of allylic oxidation sites excluding steroid dienone is 1. The van der Waals surface area contributed by atoms with Crippen molar-refractivity contribution >= 4 is 39.2 Å². The van der Waals surface area contributed by atoms with Gasteiger partial charge in [0, 0.05) is 50.3 Å². The van der Waals surface area contributed by atoms with Crippen LogP contribution in [0.5, 0.6) is 0 Å². The van der Waals surface area contributed by atoms with E-state index in [1.807, 2.05) is 45.0 Å². The van der Waals surface area contributed by atoms with Crippen LogP contribution in [0.1, 0.15) is 63.0 Å². The molecule has 0 amide bonds. The molecule has 0 spiro atoms. The predicted octanol–water partition coefficient (Wildman–Crippen LogP) is 10.1. The number of aromatic nitrogens is 4. The van der Waals surface area contributed by atoms with Crippen molar-refractivity contribution in [1.29, 1.82) is 0 Å². The van der Waals surface area contributed by atoms with Gasteiger partial charge in [-0.25, -0.2) is 4.98 Å². The molecule has 0 saturated heterocycles. The third-order valence-electron chi connectivity index (χ3n) is 7.70. The fraction of sp³-hybridized carbons (Fsp3) is 0.225. The van der Waals surface area contributed by atoms with E-state index in [1.54, 1.807) is 30.5 Å². The van der Waals surface area contributed by atoms with Gasteiger partial charge < -0.3 is 14.0 Å². The first-order chi connectivity index (χ1) is 23.6. The van der Waals surface area contributed by atoms with E-state index in [0.717, 1.165) is 22.3 Å². The minimum atomic E-state index is -2.32. The van der Waals surface area contributed by atoms with Crippen LogP contribution in [0.3, 0.4) is 0 Å². The summed E-state index contributed by atoms with van der Waals surface area (Å²) in [7, 11) is 0. The number of fused-ring (bicyclic) bond motifs is 3. The first-order valence-corrected chi connectivity index (χ1v) is 15.0. The third-order valence-corrected chi connectivity index (χ3v) is 7.70. The Balaban J connectivity index is 0.000000185. The Bertz CT molecular complexity index is 2420. The van der Waals surface area contributed by atoms with Crippen LogP contribution in [0.15, 0.2) is 89.5 Å². The van der Waals surface area contributed by atoms with E-state index in [0.29, 0.717) is 33.8 Å². The Hall–Kier alpha value is -4.38. The van der Waals surface area contributed by atoms with Crippen LogP contribution in [0, 0.1) is 31.3 Å². The molecule has 1 aliphatic heterocycles. The van der Waals surface area contributed by atoms with Crippen molar-refractivity contribution in [2.24, 2.45) is 5.41 Å². The molecule has 0 saturated carbocycles. The summed E-state index contributed by atoms with van der Waals surface area (Å²) in [5.41, 5.74) is 7.58. The van der Waals surface area contributed by atoms with E-state index in [1.165, 1.54) is 22.7 Å². The molecule has 46 heavy (non-hydrogen) atoms. The number of benzene rings is 3. The maximum atomic E-state index is 8.55. The van der Waals surface area contributed by atoms with Gasteiger partial charge in [0.2, 0.25) is 5.71 Å². The maximum Gasteiger partial charge on any atom is 0.216 e. The summed E-state index contributed by atoms with van der Waals surface area (Å²) in [4.78, 5) is 13.5. The topological polar surface area (TPSA) is 56.7 Å². The van der Waals surface area contributed by atoms with Crippen LogP contribution in [0.2, 0.25) is 0 Å². The predicted molar refractivity (Wildman–Crippen MR) is 184 cm³/mol. The number of hydrogen-bond acceptors (Lipinski definition) is 4. The van der Waals surface area contributed by atoms with Crippen molar-refractivity contribution in [1.82, 2.24) is 19.5 Å². The summed E-state index contributed by atoms with van der Waals surface area (Å²) in [6.45, 7) is 7.56. The molecule has 1 radical (unpaired) electrons. The molecule has 3 aromatic carbocycles. The molecule has 0 aliphatic carbocycles. The summed E-state index contributed by atoms with van der Waals surface area (Å²) in [5, 5.41) is 1.48. The number of aryl methyl sites for hydroxylation is 2. The molecule has 0 N–H and O–H groups in total. The van der Waals surface area contributed by atoms with Crippen LogP contribution >= 0.6 is 0 Å². The van der Waals surface area contributed by atoms with Crippen LogP contribution in [-0.2, 0) is 26.5 Å². The second-order valence-electron chi connectivity index (χ2n) is 12.5. The number of furan rings is 1. The summed E-state index contributed by atoms with van der Waals surface area (Å²) in [6.07, 6.45) is 4.45. The van der Waals surface area contributed by atoms with Crippen molar-refractivity contribution in [2.45, 2.75) is 53.9 Å². The molecule has 6 heteroatoms. The second-order valence-corrected chi connectivity index (χ2v) is 12.5. The van der Waals surface area contributed by atoms with Crippen LogP contribution in [0.4, 0.5) is 0 Å². The van der Waals surface area contributed by atoms with Gasteiger partial charge in [-0.1, -0.05) is 55.5 Å². The van der Waals surface area contributed by atoms with Crippen molar-refractivity contribution in [3.8, 4) is 22.6 Å². The van der Waals surface area contributed by atoms with Gasteiger partial charge in [-0.3, -0.25) is 4.98 Å². The molecule has 4 aromatic heterocycles. The summed E-state index contributed by atoms with van der Waals surface area (Å²) in [5.74, 6) is 1.00. The molecular weight excluding hydrogens is 745 g/mol. The number of hydrogen-bond donors (Lipinski definition) is 0. The van der Waals surface area contributed by atoms with Crippen molar-refractivity contribution in [3.05, 3.63) is 120 Å². The van der Waals surface area contributed by atoms with E-state index in [-0.39, 0.29) is 31.5 Å². The molecule has 1 unspecified atom stereocenters. The van der Waals surface area contributed by atoms with E-state index in [4.69, 9.17) is 16.3 Å². The Morgan fingerprint density at radius 2 is 1.87 bits per heavy atom. The molecule has 5 heterocycles. The molecule has 1 aliphatic rings. The Labute approximate surface area is 290 Å². The first kappa shape index (κ1) is 25.8. The Kier molecular flexibility index (Phi) is 6.96. The van der Waals surface area contributed by atoms with Crippen LogP contribution < -0.4 is 0 Å². The van der Waals surface area contributed by atoms with E-state index >= 15 is 0 Å². The summed E-state index contributed by atoms with van der Waals surface area (Å²) < 4.78 is 48.1. The SMILES string of the molecule is Cc1cc2c3c(c1)nc(-c1[c-]cccc1)n3C(C)C=C2.[2H]C([2H])([2H])c1ccc2c(n1)oc1c(-c3cc(C([2H])([2H])C(C)(C)C)ccn3)[c-]ccc12.[Ir]. The smallest absolute Gasteiger partial charge is 0.216 e. The van der Waals surface area contributed by atoms with Gasteiger partial charge in [0.05, 0.1) is 22.4 Å². The van der Waals surface area contributed by atoms with Crippen LogP contribution in [0.25, 0.3) is 61.8 Å². The van der Waals surface area contributed by atoms with Crippen molar-refractivity contribution < 1.29 is 31.4 Å². The minimum absolute atomic E-state index is 0. The molecule has 8 rings (SSSR count). The fourth-order valence-electron chi connectivity index (χ4n) is 5.87.